The number of ether oxygens (including phenoxy) is 1. The van der Waals surface area contributed by atoms with Gasteiger partial charge in [-0.1, -0.05) is 18.5 Å². The average molecular weight is 295 g/mol. The summed E-state index contributed by atoms with van der Waals surface area (Å²) in [6.45, 7) is 7.57. The lowest BCUT2D eigenvalue weighted by Crippen LogP contribution is -2.36. The van der Waals surface area contributed by atoms with Crippen molar-refractivity contribution in [3.63, 3.8) is 0 Å². The summed E-state index contributed by atoms with van der Waals surface area (Å²) in [6.07, 6.45) is 2.85. The van der Waals surface area contributed by atoms with Gasteiger partial charge in [0.1, 0.15) is 5.15 Å². The Kier molecular flexibility index (Phi) is 3.81. The average Bonchev–Trinajstić information content (AvgIpc) is 2.86. The summed E-state index contributed by atoms with van der Waals surface area (Å²) in [5, 5.41) is 6.39. The number of halogens is 1. The number of rotatable bonds is 3. The molecule has 1 saturated heterocycles. The zero-order chi connectivity index (χ0) is 14.1. The minimum Gasteiger partial charge on any atom is -0.378 e. The zero-order valence-electron chi connectivity index (χ0n) is 11.8. The Morgan fingerprint density at radius 3 is 2.85 bits per heavy atom. The first kappa shape index (κ1) is 13.6. The van der Waals surface area contributed by atoms with Gasteiger partial charge in [0.2, 0.25) is 0 Å². The molecule has 2 aromatic heterocycles. The highest BCUT2D eigenvalue weighted by molar-refractivity contribution is 6.30. The van der Waals surface area contributed by atoms with Gasteiger partial charge in [-0.05, 0) is 13.3 Å². The van der Waals surface area contributed by atoms with Gasteiger partial charge in [-0.15, -0.1) is 0 Å². The van der Waals surface area contributed by atoms with Crippen LogP contribution in [0.5, 0.6) is 0 Å². The zero-order valence-corrected chi connectivity index (χ0v) is 12.6. The van der Waals surface area contributed by atoms with E-state index in [-0.39, 0.29) is 0 Å². The number of pyridine rings is 1. The Morgan fingerprint density at radius 2 is 2.15 bits per heavy atom. The van der Waals surface area contributed by atoms with Gasteiger partial charge in [0, 0.05) is 31.4 Å². The molecule has 0 radical (unpaired) electrons. The fraction of sp³-hybridized carbons (Fsp3) is 0.571. The number of nitrogens with zero attached hydrogens (tertiary/aromatic N) is 4. The molecule has 1 aliphatic rings. The van der Waals surface area contributed by atoms with Crippen LogP contribution in [0.4, 0.5) is 5.82 Å². The van der Waals surface area contributed by atoms with Gasteiger partial charge in [0.05, 0.1) is 24.1 Å². The molecular weight excluding hydrogens is 276 g/mol. The predicted octanol–water partition coefficient (Wildman–Crippen LogP) is 2.89. The molecule has 1 fully saturated rings. The lowest BCUT2D eigenvalue weighted by Gasteiger charge is -2.26. The van der Waals surface area contributed by atoms with Crippen LogP contribution in [-0.4, -0.2) is 41.1 Å². The second-order valence-electron chi connectivity index (χ2n) is 5.15. The molecule has 0 bridgehead atoms. The van der Waals surface area contributed by atoms with Crippen LogP contribution in [0.15, 0.2) is 12.3 Å². The van der Waals surface area contributed by atoms with Crippen LogP contribution in [0.3, 0.4) is 0 Å². The van der Waals surface area contributed by atoms with E-state index in [1.807, 2.05) is 12.3 Å². The Labute approximate surface area is 123 Å². The second kappa shape index (κ2) is 5.58. The number of fused-ring (bicyclic) bond motifs is 1. The molecule has 5 nitrogen and oxygen atoms in total. The van der Waals surface area contributed by atoms with E-state index in [0.29, 0.717) is 11.2 Å². The Morgan fingerprint density at radius 1 is 1.40 bits per heavy atom. The molecule has 6 heteroatoms. The Bertz CT molecular complexity index is 606. The smallest absolute Gasteiger partial charge is 0.160 e. The van der Waals surface area contributed by atoms with Crippen LogP contribution in [0.2, 0.25) is 5.15 Å². The molecule has 0 aromatic carbocycles. The van der Waals surface area contributed by atoms with Crippen molar-refractivity contribution in [2.45, 2.75) is 26.3 Å². The SMILES string of the molecule is CC[C@H](C)n1nc(N2CCOCC2)c2cnc(Cl)cc21. The Hall–Kier alpha value is -1.33. The van der Waals surface area contributed by atoms with Crippen molar-refractivity contribution >= 4 is 28.3 Å². The van der Waals surface area contributed by atoms with Gasteiger partial charge in [0.15, 0.2) is 5.82 Å². The number of morpholine rings is 1. The highest BCUT2D eigenvalue weighted by Crippen LogP contribution is 2.30. The first-order valence-corrected chi connectivity index (χ1v) is 7.45. The largest absolute Gasteiger partial charge is 0.378 e. The third-order valence-electron chi connectivity index (χ3n) is 3.86. The molecular formula is C14H19ClN4O. The summed E-state index contributed by atoms with van der Waals surface area (Å²) >= 11 is 6.05. The van der Waals surface area contributed by atoms with E-state index in [9.17, 15) is 0 Å². The Balaban J connectivity index is 2.12. The maximum absolute atomic E-state index is 6.05. The summed E-state index contributed by atoms with van der Waals surface area (Å²) < 4.78 is 7.48. The normalized spacial score (nSPS) is 17.6. The van der Waals surface area contributed by atoms with Crippen LogP contribution >= 0.6 is 11.6 Å². The van der Waals surface area contributed by atoms with Crippen LogP contribution in [0.1, 0.15) is 26.3 Å². The van der Waals surface area contributed by atoms with Crippen LogP contribution in [-0.2, 0) is 4.74 Å². The van der Waals surface area contributed by atoms with Crippen molar-refractivity contribution < 1.29 is 4.74 Å². The van der Waals surface area contributed by atoms with Gasteiger partial charge < -0.3 is 9.64 Å². The van der Waals surface area contributed by atoms with Crippen molar-refractivity contribution in [3.8, 4) is 0 Å². The first-order valence-electron chi connectivity index (χ1n) is 7.07. The van der Waals surface area contributed by atoms with Crippen molar-refractivity contribution in [2.75, 3.05) is 31.2 Å². The van der Waals surface area contributed by atoms with Crippen molar-refractivity contribution in [1.82, 2.24) is 14.8 Å². The van der Waals surface area contributed by atoms with E-state index in [2.05, 4.69) is 28.4 Å². The summed E-state index contributed by atoms with van der Waals surface area (Å²) in [6, 6.07) is 2.24. The van der Waals surface area contributed by atoms with Crippen molar-refractivity contribution in [2.24, 2.45) is 0 Å². The summed E-state index contributed by atoms with van der Waals surface area (Å²) in [7, 11) is 0. The summed E-state index contributed by atoms with van der Waals surface area (Å²) in [5.41, 5.74) is 1.06. The van der Waals surface area contributed by atoms with E-state index in [1.54, 1.807) is 0 Å². The summed E-state index contributed by atoms with van der Waals surface area (Å²) in [5.74, 6) is 0.993. The predicted molar refractivity (Wildman–Crippen MR) is 80.6 cm³/mol. The molecule has 108 valence electrons. The number of hydrogen-bond acceptors (Lipinski definition) is 4. The lowest BCUT2D eigenvalue weighted by molar-refractivity contribution is 0.122. The molecule has 0 saturated carbocycles. The number of anilines is 1. The van der Waals surface area contributed by atoms with Gasteiger partial charge in [-0.3, -0.25) is 4.68 Å². The standard InChI is InChI=1S/C14H19ClN4O/c1-3-10(2)19-12-8-13(15)16-9-11(12)14(17-19)18-4-6-20-7-5-18/h8-10H,3-7H2,1-2H3/t10-/m0/s1. The fourth-order valence-corrected chi connectivity index (χ4v) is 2.66. The molecule has 1 aliphatic heterocycles. The summed E-state index contributed by atoms with van der Waals surface area (Å²) in [4.78, 5) is 6.48. The lowest BCUT2D eigenvalue weighted by atomic mass is 10.2. The third kappa shape index (κ3) is 2.36. The minimum absolute atomic E-state index is 0.339. The molecule has 0 unspecified atom stereocenters. The van der Waals surface area contributed by atoms with E-state index >= 15 is 0 Å². The molecule has 0 amide bonds. The van der Waals surface area contributed by atoms with E-state index < -0.39 is 0 Å². The van der Waals surface area contributed by atoms with Crippen molar-refractivity contribution in [3.05, 3.63) is 17.4 Å². The van der Waals surface area contributed by atoms with Crippen molar-refractivity contribution in [1.29, 1.82) is 0 Å². The van der Waals surface area contributed by atoms with Gasteiger partial charge in [-0.25, -0.2) is 4.98 Å². The second-order valence-corrected chi connectivity index (χ2v) is 5.54. The maximum atomic E-state index is 6.05. The highest BCUT2D eigenvalue weighted by Gasteiger charge is 2.21. The van der Waals surface area contributed by atoms with Crippen LogP contribution in [0.25, 0.3) is 10.9 Å². The van der Waals surface area contributed by atoms with Crippen LogP contribution in [0, 0.1) is 0 Å². The molecule has 0 N–H and O–H groups in total. The quantitative estimate of drug-likeness (QED) is 0.817. The number of hydrogen-bond donors (Lipinski definition) is 0. The highest BCUT2D eigenvalue weighted by atomic mass is 35.5. The van der Waals surface area contributed by atoms with Gasteiger partial charge in [-0.2, -0.15) is 5.10 Å². The van der Waals surface area contributed by atoms with E-state index in [0.717, 1.165) is 49.4 Å². The molecule has 1 atom stereocenters. The number of aromatic nitrogens is 3. The molecule has 3 rings (SSSR count). The molecule has 20 heavy (non-hydrogen) atoms. The first-order chi connectivity index (χ1) is 9.70. The molecule has 3 heterocycles. The van der Waals surface area contributed by atoms with E-state index in [1.165, 1.54) is 0 Å². The third-order valence-corrected chi connectivity index (χ3v) is 4.06. The molecule has 0 spiro atoms. The molecule has 2 aromatic rings. The van der Waals surface area contributed by atoms with Crippen LogP contribution < -0.4 is 4.90 Å². The molecule has 0 aliphatic carbocycles. The topological polar surface area (TPSA) is 43.2 Å². The van der Waals surface area contributed by atoms with Gasteiger partial charge >= 0.3 is 0 Å². The fourth-order valence-electron chi connectivity index (χ4n) is 2.51. The maximum Gasteiger partial charge on any atom is 0.160 e. The minimum atomic E-state index is 0.339. The van der Waals surface area contributed by atoms with Gasteiger partial charge in [0.25, 0.3) is 0 Å². The monoisotopic (exact) mass is 294 g/mol. The van der Waals surface area contributed by atoms with E-state index in [4.69, 9.17) is 21.4 Å².